The topological polar surface area (TPSA) is 39.1 Å². The van der Waals surface area contributed by atoms with Gasteiger partial charge in [0.15, 0.2) is 0 Å². The van der Waals surface area contributed by atoms with Crippen molar-refractivity contribution in [2.24, 2.45) is 7.05 Å². The van der Waals surface area contributed by atoms with Gasteiger partial charge in [-0.05, 0) is 34.5 Å². The minimum absolute atomic E-state index is 0.828. The quantitative estimate of drug-likeness (QED) is 0.781. The third-order valence-electron chi connectivity index (χ3n) is 3.53. The van der Waals surface area contributed by atoms with Crippen molar-refractivity contribution >= 4 is 10.8 Å². The molecule has 0 spiro atoms. The maximum atomic E-state index is 5.25. The lowest BCUT2D eigenvalue weighted by Gasteiger charge is -2.07. The van der Waals surface area contributed by atoms with Crippen LogP contribution in [0.2, 0.25) is 0 Å². The Kier molecular flexibility index (Phi) is 3.88. The van der Waals surface area contributed by atoms with Gasteiger partial charge in [-0.3, -0.25) is 4.68 Å². The van der Waals surface area contributed by atoms with E-state index in [1.54, 1.807) is 7.11 Å². The van der Waals surface area contributed by atoms with Crippen molar-refractivity contribution in [3.05, 3.63) is 59.9 Å². The summed E-state index contributed by atoms with van der Waals surface area (Å²) >= 11 is 0. The standard InChI is InChI=1S/C17H19N3O/c1-20-12-14(11-19-20)10-18-9-13-3-4-16-8-17(21-2)6-5-15(16)7-13/h3-8,11-12,18H,9-10H2,1-2H3. The summed E-state index contributed by atoms with van der Waals surface area (Å²) in [5.41, 5.74) is 2.47. The van der Waals surface area contributed by atoms with E-state index in [1.165, 1.54) is 21.9 Å². The highest BCUT2D eigenvalue weighted by atomic mass is 16.5. The van der Waals surface area contributed by atoms with E-state index in [0.29, 0.717) is 0 Å². The number of aromatic nitrogens is 2. The van der Waals surface area contributed by atoms with Crippen LogP contribution in [0.4, 0.5) is 0 Å². The van der Waals surface area contributed by atoms with Crippen molar-refractivity contribution in [3.8, 4) is 5.75 Å². The number of nitrogens with zero attached hydrogens (tertiary/aromatic N) is 2. The van der Waals surface area contributed by atoms with Crippen LogP contribution in [0.5, 0.6) is 5.75 Å². The zero-order chi connectivity index (χ0) is 14.7. The van der Waals surface area contributed by atoms with Crippen LogP contribution in [0.1, 0.15) is 11.1 Å². The minimum atomic E-state index is 0.828. The van der Waals surface area contributed by atoms with E-state index >= 15 is 0 Å². The molecule has 0 saturated carbocycles. The SMILES string of the molecule is COc1ccc2cc(CNCc3cnn(C)c3)ccc2c1. The normalized spacial score (nSPS) is 11.0. The molecule has 0 amide bonds. The molecule has 0 saturated heterocycles. The van der Waals surface area contributed by atoms with Gasteiger partial charge in [0.25, 0.3) is 0 Å². The van der Waals surface area contributed by atoms with E-state index in [4.69, 9.17) is 4.74 Å². The molecule has 1 aromatic heterocycles. The number of methoxy groups -OCH3 is 1. The van der Waals surface area contributed by atoms with Gasteiger partial charge < -0.3 is 10.1 Å². The van der Waals surface area contributed by atoms with Crippen LogP contribution in [-0.2, 0) is 20.1 Å². The lowest BCUT2D eigenvalue weighted by Crippen LogP contribution is -2.12. The fraction of sp³-hybridized carbons (Fsp3) is 0.235. The number of hydrogen-bond donors (Lipinski definition) is 1. The Bertz CT molecular complexity index is 749. The van der Waals surface area contributed by atoms with Crippen LogP contribution < -0.4 is 10.1 Å². The number of ether oxygens (including phenoxy) is 1. The highest BCUT2D eigenvalue weighted by Gasteiger charge is 2.00. The highest BCUT2D eigenvalue weighted by Crippen LogP contribution is 2.21. The Morgan fingerprint density at radius 3 is 2.57 bits per heavy atom. The van der Waals surface area contributed by atoms with E-state index in [9.17, 15) is 0 Å². The summed E-state index contributed by atoms with van der Waals surface area (Å²) in [6.07, 6.45) is 3.92. The molecule has 0 aliphatic rings. The molecule has 0 atom stereocenters. The number of benzene rings is 2. The molecule has 0 unspecified atom stereocenters. The van der Waals surface area contributed by atoms with Crippen LogP contribution in [0.15, 0.2) is 48.8 Å². The van der Waals surface area contributed by atoms with Gasteiger partial charge in [0.05, 0.1) is 13.3 Å². The maximum Gasteiger partial charge on any atom is 0.119 e. The zero-order valence-electron chi connectivity index (χ0n) is 12.3. The third kappa shape index (κ3) is 3.23. The molecule has 4 nitrogen and oxygen atoms in total. The Balaban J connectivity index is 1.67. The molecule has 2 aromatic carbocycles. The van der Waals surface area contributed by atoms with Gasteiger partial charge in [0.1, 0.15) is 5.75 Å². The van der Waals surface area contributed by atoms with Gasteiger partial charge in [-0.1, -0.05) is 18.2 Å². The van der Waals surface area contributed by atoms with Crippen LogP contribution in [-0.4, -0.2) is 16.9 Å². The first-order valence-corrected chi connectivity index (χ1v) is 6.99. The summed E-state index contributed by atoms with van der Waals surface area (Å²) in [4.78, 5) is 0. The molecule has 3 rings (SSSR count). The highest BCUT2D eigenvalue weighted by molar-refractivity contribution is 5.84. The fourth-order valence-corrected chi connectivity index (χ4v) is 2.42. The van der Waals surface area contributed by atoms with Gasteiger partial charge in [-0.25, -0.2) is 0 Å². The van der Waals surface area contributed by atoms with Crippen LogP contribution in [0.3, 0.4) is 0 Å². The summed E-state index contributed by atoms with van der Waals surface area (Å²) in [6.45, 7) is 1.67. The molecular formula is C17H19N3O. The van der Waals surface area contributed by atoms with E-state index in [0.717, 1.165) is 18.8 Å². The molecule has 0 aliphatic heterocycles. The molecule has 0 radical (unpaired) electrons. The maximum absolute atomic E-state index is 5.25. The predicted octanol–water partition coefficient (Wildman–Crippen LogP) is 2.87. The van der Waals surface area contributed by atoms with Crippen LogP contribution >= 0.6 is 0 Å². The molecule has 0 aliphatic carbocycles. The summed E-state index contributed by atoms with van der Waals surface area (Å²) in [5, 5.41) is 10.0. The summed E-state index contributed by atoms with van der Waals surface area (Å²) in [6, 6.07) is 12.7. The average Bonchev–Trinajstić information content (AvgIpc) is 2.92. The number of fused-ring (bicyclic) bond motifs is 1. The average molecular weight is 281 g/mol. The molecule has 108 valence electrons. The number of rotatable bonds is 5. The number of hydrogen-bond acceptors (Lipinski definition) is 3. The van der Waals surface area contributed by atoms with Crippen LogP contribution in [0, 0.1) is 0 Å². The van der Waals surface area contributed by atoms with Gasteiger partial charge in [-0.15, -0.1) is 0 Å². The number of nitrogens with one attached hydrogen (secondary N) is 1. The summed E-state index contributed by atoms with van der Waals surface area (Å²) < 4.78 is 7.07. The van der Waals surface area contributed by atoms with E-state index in [1.807, 2.05) is 30.2 Å². The first-order valence-electron chi connectivity index (χ1n) is 6.99. The number of aryl methyl sites for hydroxylation is 1. The van der Waals surface area contributed by atoms with E-state index in [-0.39, 0.29) is 0 Å². The molecule has 1 heterocycles. The Morgan fingerprint density at radius 2 is 1.81 bits per heavy atom. The molecule has 21 heavy (non-hydrogen) atoms. The molecule has 4 heteroatoms. The first kappa shape index (κ1) is 13.6. The Hall–Kier alpha value is -2.33. The van der Waals surface area contributed by atoms with Gasteiger partial charge in [0.2, 0.25) is 0 Å². The van der Waals surface area contributed by atoms with Gasteiger partial charge in [0, 0.05) is 31.9 Å². The van der Waals surface area contributed by atoms with Crippen molar-refractivity contribution in [2.75, 3.05) is 7.11 Å². The third-order valence-corrected chi connectivity index (χ3v) is 3.53. The summed E-state index contributed by atoms with van der Waals surface area (Å²) in [7, 11) is 3.62. The molecule has 1 N–H and O–H groups in total. The van der Waals surface area contributed by atoms with Crippen molar-refractivity contribution < 1.29 is 4.74 Å². The zero-order valence-corrected chi connectivity index (χ0v) is 12.3. The second-order valence-electron chi connectivity index (χ2n) is 5.17. The molecular weight excluding hydrogens is 262 g/mol. The fourth-order valence-electron chi connectivity index (χ4n) is 2.42. The predicted molar refractivity (Wildman–Crippen MR) is 84.3 cm³/mol. The lowest BCUT2D eigenvalue weighted by molar-refractivity contribution is 0.415. The van der Waals surface area contributed by atoms with Crippen LogP contribution in [0.25, 0.3) is 10.8 Å². The largest absolute Gasteiger partial charge is 0.497 e. The van der Waals surface area contributed by atoms with Gasteiger partial charge >= 0.3 is 0 Å². The molecule has 0 bridgehead atoms. The van der Waals surface area contributed by atoms with Crippen molar-refractivity contribution in [3.63, 3.8) is 0 Å². The second-order valence-corrected chi connectivity index (χ2v) is 5.17. The summed E-state index contributed by atoms with van der Waals surface area (Å²) in [5.74, 6) is 0.893. The molecule has 3 aromatic rings. The smallest absolute Gasteiger partial charge is 0.119 e. The Labute approximate surface area is 124 Å². The van der Waals surface area contributed by atoms with Crippen molar-refractivity contribution in [2.45, 2.75) is 13.1 Å². The van der Waals surface area contributed by atoms with Crippen molar-refractivity contribution in [1.29, 1.82) is 0 Å². The monoisotopic (exact) mass is 281 g/mol. The Morgan fingerprint density at radius 1 is 1.05 bits per heavy atom. The second kappa shape index (κ2) is 5.97. The minimum Gasteiger partial charge on any atom is -0.497 e. The van der Waals surface area contributed by atoms with Crippen molar-refractivity contribution in [1.82, 2.24) is 15.1 Å². The van der Waals surface area contributed by atoms with E-state index < -0.39 is 0 Å². The van der Waals surface area contributed by atoms with E-state index in [2.05, 4.69) is 40.7 Å². The molecule has 0 fully saturated rings. The first-order chi connectivity index (χ1) is 10.2. The van der Waals surface area contributed by atoms with Gasteiger partial charge in [-0.2, -0.15) is 5.10 Å². The lowest BCUT2D eigenvalue weighted by atomic mass is 10.1.